The van der Waals surface area contributed by atoms with Crippen LogP contribution in [0.1, 0.15) is 57.1 Å². The number of benzene rings is 2. The molecule has 2 aliphatic rings. The number of likely N-dealkylation sites (tertiary alicyclic amines) is 1. The monoisotopic (exact) mass is 493 g/mol. The highest BCUT2D eigenvalue weighted by Crippen LogP contribution is 2.31. The molecule has 0 aliphatic carbocycles. The van der Waals surface area contributed by atoms with Gasteiger partial charge in [0.05, 0.1) is 13.7 Å². The van der Waals surface area contributed by atoms with Gasteiger partial charge in [-0.1, -0.05) is 24.3 Å². The number of imide groups is 1. The Labute approximate surface area is 212 Å². The van der Waals surface area contributed by atoms with Crippen molar-refractivity contribution in [3.63, 3.8) is 0 Å². The number of piperidine rings is 1. The number of anilines is 1. The standard InChI is InChI=1S/C28H35N3O5/c1-28(2,3)36-27(34)29-16-13-22(14-17-29)21-7-9-23(10-8-21)30-18-15-25(32)31(26(30)33)19-20-5-11-24(35-4)12-6-20/h5-12,22H,13-19H2,1-4H3. The SMILES string of the molecule is COc1ccc(CN2C(=O)CCN(c3ccc(C4CCN(C(=O)OC(C)(C)C)CC4)cc3)C2=O)cc1. The molecule has 2 fully saturated rings. The van der Waals surface area contributed by atoms with Gasteiger partial charge in [0.1, 0.15) is 11.4 Å². The average Bonchev–Trinajstić information content (AvgIpc) is 2.86. The zero-order chi connectivity index (χ0) is 25.9. The third-order valence-corrected chi connectivity index (χ3v) is 6.63. The number of hydrogen-bond donors (Lipinski definition) is 0. The molecule has 0 saturated carbocycles. The maximum atomic E-state index is 13.2. The third-order valence-electron chi connectivity index (χ3n) is 6.63. The van der Waals surface area contributed by atoms with Gasteiger partial charge in [-0.2, -0.15) is 0 Å². The van der Waals surface area contributed by atoms with Crippen molar-refractivity contribution >= 4 is 23.7 Å². The first-order valence-electron chi connectivity index (χ1n) is 12.5. The predicted octanol–water partition coefficient (Wildman–Crippen LogP) is 5.17. The number of nitrogens with zero attached hydrogens (tertiary/aromatic N) is 3. The van der Waals surface area contributed by atoms with Gasteiger partial charge in [-0.3, -0.25) is 14.6 Å². The first-order chi connectivity index (χ1) is 17.1. The van der Waals surface area contributed by atoms with Crippen molar-refractivity contribution in [2.24, 2.45) is 0 Å². The Bertz CT molecular complexity index is 1080. The normalized spacial score (nSPS) is 17.4. The predicted molar refractivity (Wildman–Crippen MR) is 137 cm³/mol. The first-order valence-corrected chi connectivity index (χ1v) is 12.5. The number of methoxy groups -OCH3 is 1. The van der Waals surface area contributed by atoms with Crippen LogP contribution in [0.15, 0.2) is 48.5 Å². The molecular formula is C28H35N3O5. The summed E-state index contributed by atoms with van der Waals surface area (Å²) in [4.78, 5) is 42.8. The summed E-state index contributed by atoms with van der Waals surface area (Å²) < 4.78 is 10.7. The summed E-state index contributed by atoms with van der Waals surface area (Å²) in [5, 5.41) is 0. The molecule has 36 heavy (non-hydrogen) atoms. The van der Waals surface area contributed by atoms with Crippen molar-refractivity contribution in [2.75, 3.05) is 31.6 Å². The summed E-state index contributed by atoms with van der Waals surface area (Å²) in [7, 11) is 1.60. The Balaban J connectivity index is 1.37. The van der Waals surface area contributed by atoms with E-state index in [1.54, 1.807) is 16.9 Å². The summed E-state index contributed by atoms with van der Waals surface area (Å²) in [6.45, 7) is 7.54. The quantitative estimate of drug-likeness (QED) is 0.574. The minimum Gasteiger partial charge on any atom is -0.497 e. The van der Waals surface area contributed by atoms with Gasteiger partial charge in [-0.05, 0) is 74.9 Å². The molecule has 2 aliphatic heterocycles. The molecule has 4 amide bonds. The zero-order valence-electron chi connectivity index (χ0n) is 21.5. The van der Waals surface area contributed by atoms with Crippen LogP contribution < -0.4 is 9.64 Å². The van der Waals surface area contributed by atoms with Gasteiger partial charge in [-0.25, -0.2) is 9.59 Å². The van der Waals surface area contributed by atoms with Crippen molar-refractivity contribution < 1.29 is 23.9 Å². The van der Waals surface area contributed by atoms with Crippen LogP contribution in [-0.4, -0.2) is 60.2 Å². The first kappa shape index (κ1) is 25.5. The maximum Gasteiger partial charge on any atom is 0.410 e. The molecule has 2 aromatic rings. The van der Waals surface area contributed by atoms with Crippen LogP contribution in [-0.2, 0) is 16.1 Å². The minimum absolute atomic E-state index is 0.166. The Morgan fingerprint density at radius 2 is 1.58 bits per heavy atom. The molecule has 0 spiro atoms. The van der Waals surface area contributed by atoms with Crippen LogP contribution in [0.3, 0.4) is 0 Å². The summed E-state index contributed by atoms with van der Waals surface area (Å²) in [5.74, 6) is 0.913. The second-order valence-corrected chi connectivity index (χ2v) is 10.3. The molecule has 0 atom stereocenters. The summed E-state index contributed by atoms with van der Waals surface area (Å²) >= 11 is 0. The fourth-order valence-electron chi connectivity index (χ4n) is 4.65. The second kappa shape index (κ2) is 10.6. The number of urea groups is 1. The topological polar surface area (TPSA) is 79.4 Å². The van der Waals surface area contributed by atoms with Crippen LogP contribution in [0, 0.1) is 0 Å². The van der Waals surface area contributed by atoms with E-state index in [9.17, 15) is 14.4 Å². The molecule has 2 aromatic carbocycles. The summed E-state index contributed by atoms with van der Waals surface area (Å²) in [6, 6.07) is 15.1. The van der Waals surface area contributed by atoms with Crippen LogP contribution >= 0.6 is 0 Å². The zero-order valence-corrected chi connectivity index (χ0v) is 21.5. The van der Waals surface area contributed by atoms with E-state index < -0.39 is 5.60 Å². The van der Waals surface area contributed by atoms with E-state index in [1.165, 1.54) is 10.5 Å². The number of hydrogen-bond acceptors (Lipinski definition) is 5. The van der Waals surface area contributed by atoms with E-state index in [0.717, 1.165) is 29.8 Å². The fourth-order valence-corrected chi connectivity index (χ4v) is 4.65. The van der Waals surface area contributed by atoms with E-state index in [2.05, 4.69) is 12.1 Å². The van der Waals surface area contributed by atoms with Crippen molar-refractivity contribution in [2.45, 2.75) is 58.1 Å². The van der Waals surface area contributed by atoms with E-state index in [1.807, 2.05) is 57.2 Å². The lowest BCUT2D eigenvalue weighted by atomic mass is 9.89. The number of carbonyl (C=O) groups excluding carboxylic acids is 3. The smallest absolute Gasteiger partial charge is 0.410 e. The second-order valence-electron chi connectivity index (χ2n) is 10.3. The highest BCUT2D eigenvalue weighted by molar-refractivity contribution is 6.05. The van der Waals surface area contributed by atoms with Crippen LogP contribution in [0.4, 0.5) is 15.3 Å². The Hall–Kier alpha value is -3.55. The molecule has 192 valence electrons. The fraction of sp³-hybridized carbons (Fsp3) is 0.464. The van der Waals surface area contributed by atoms with Crippen molar-refractivity contribution in [3.05, 3.63) is 59.7 Å². The highest BCUT2D eigenvalue weighted by Gasteiger charge is 2.33. The molecule has 8 heteroatoms. The van der Waals surface area contributed by atoms with Crippen molar-refractivity contribution in [1.82, 2.24) is 9.80 Å². The average molecular weight is 494 g/mol. The number of ether oxygens (including phenoxy) is 2. The van der Waals surface area contributed by atoms with Gasteiger partial charge in [0, 0.05) is 31.7 Å². The summed E-state index contributed by atoms with van der Waals surface area (Å²) in [5.41, 5.74) is 2.35. The van der Waals surface area contributed by atoms with Gasteiger partial charge in [0.15, 0.2) is 0 Å². The summed E-state index contributed by atoms with van der Waals surface area (Å²) in [6.07, 6.45) is 1.76. The molecule has 4 rings (SSSR count). The van der Waals surface area contributed by atoms with Crippen LogP contribution in [0.25, 0.3) is 0 Å². The van der Waals surface area contributed by atoms with Gasteiger partial charge >= 0.3 is 12.1 Å². The number of carbonyl (C=O) groups is 3. The molecule has 0 bridgehead atoms. The van der Waals surface area contributed by atoms with E-state index in [4.69, 9.17) is 9.47 Å². The third kappa shape index (κ3) is 5.98. The van der Waals surface area contributed by atoms with E-state index in [0.29, 0.717) is 25.6 Å². The molecule has 0 unspecified atom stereocenters. The minimum atomic E-state index is -0.496. The lowest BCUT2D eigenvalue weighted by molar-refractivity contribution is -0.129. The molecule has 0 radical (unpaired) electrons. The Morgan fingerprint density at radius 3 is 2.17 bits per heavy atom. The van der Waals surface area contributed by atoms with Crippen LogP contribution in [0.2, 0.25) is 0 Å². The van der Waals surface area contributed by atoms with Crippen LogP contribution in [0.5, 0.6) is 5.75 Å². The van der Waals surface area contributed by atoms with E-state index in [-0.39, 0.29) is 31.0 Å². The van der Waals surface area contributed by atoms with Gasteiger partial charge < -0.3 is 14.4 Å². The number of amides is 4. The lowest BCUT2D eigenvalue weighted by Gasteiger charge is -2.35. The van der Waals surface area contributed by atoms with E-state index >= 15 is 0 Å². The largest absolute Gasteiger partial charge is 0.497 e. The molecule has 0 aromatic heterocycles. The highest BCUT2D eigenvalue weighted by atomic mass is 16.6. The van der Waals surface area contributed by atoms with Crippen molar-refractivity contribution in [3.8, 4) is 5.75 Å². The molecule has 2 saturated heterocycles. The molecule has 8 nitrogen and oxygen atoms in total. The van der Waals surface area contributed by atoms with Gasteiger partial charge in [0.25, 0.3) is 0 Å². The molecular weight excluding hydrogens is 458 g/mol. The van der Waals surface area contributed by atoms with Crippen molar-refractivity contribution in [1.29, 1.82) is 0 Å². The maximum absolute atomic E-state index is 13.2. The Morgan fingerprint density at radius 1 is 0.944 bits per heavy atom. The Kier molecular flexibility index (Phi) is 7.52. The van der Waals surface area contributed by atoms with Gasteiger partial charge in [0.2, 0.25) is 5.91 Å². The van der Waals surface area contributed by atoms with Gasteiger partial charge in [-0.15, -0.1) is 0 Å². The lowest BCUT2D eigenvalue weighted by Crippen LogP contribution is -2.52. The molecule has 0 N–H and O–H groups in total. The molecule has 2 heterocycles. The number of rotatable bonds is 5.